The minimum atomic E-state index is -1.06. The van der Waals surface area contributed by atoms with E-state index in [1.807, 2.05) is 30.3 Å². The summed E-state index contributed by atoms with van der Waals surface area (Å²) in [4.78, 5) is 23.0. The Morgan fingerprint density at radius 3 is 2.48 bits per heavy atom. The lowest BCUT2D eigenvalue weighted by Crippen LogP contribution is -2.23. The van der Waals surface area contributed by atoms with E-state index in [4.69, 9.17) is 5.11 Å². The molecule has 2 rings (SSSR count). The number of carboxylic acids is 1. The van der Waals surface area contributed by atoms with Gasteiger partial charge >= 0.3 is 5.97 Å². The Hall–Kier alpha value is -2.82. The number of para-hydroxylation sites is 1. The Morgan fingerprint density at radius 2 is 1.81 bits per heavy atom. The van der Waals surface area contributed by atoms with Crippen LogP contribution in [0.4, 0.5) is 11.4 Å². The van der Waals surface area contributed by atoms with Crippen molar-refractivity contribution >= 4 is 23.3 Å². The van der Waals surface area contributed by atoms with E-state index in [9.17, 15) is 9.59 Å². The van der Waals surface area contributed by atoms with E-state index in [1.54, 1.807) is 19.1 Å². The Labute approximate surface area is 122 Å². The first-order valence-corrected chi connectivity index (χ1v) is 6.49. The van der Waals surface area contributed by atoms with Gasteiger partial charge < -0.3 is 15.7 Å². The number of carbonyl (C=O) groups is 2. The summed E-state index contributed by atoms with van der Waals surface area (Å²) in [6.07, 6.45) is 0. The van der Waals surface area contributed by atoms with Crippen molar-refractivity contribution in [2.75, 3.05) is 17.2 Å². The van der Waals surface area contributed by atoms with Crippen molar-refractivity contribution in [3.63, 3.8) is 0 Å². The zero-order valence-electron chi connectivity index (χ0n) is 11.6. The molecule has 0 aliphatic rings. The highest BCUT2D eigenvalue weighted by Gasteiger charge is 2.12. The molecular formula is C16H16N2O3. The molecule has 0 unspecified atom stereocenters. The van der Waals surface area contributed by atoms with Gasteiger partial charge in [0.05, 0.1) is 17.8 Å². The second-order valence-corrected chi connectivity index (χ2v) is 4.62. The molecule has 0 atom stereocenters. The largest absolute Gasteiger partial charge is 0.478 e. The predicted molar refractivity (Wildman–Crippen MR) is 81.7 cm³/mol. The zero-order chi connectivity index (χ0) is 15.2. The summed E-state index contributed by atoms with van der Waals surface area (Å²) in [5.41, 5.74) is 2.04. The average Bonchev–Trinajstić information content (AvgIpc) is 2.48. The molecule has 0 fully saturated rings. The Morgan fingerprint density at radius 1 is 1.10 bits per heavy atom. The van der Waals surface area contributed by atoms with E-state index in [0.717, 1.165) is 11.3 Å². The van der Waals surface area contributed by atoms with Crippen LogP contribution in [0.2, 0.25) is 0 Å². The number of nitrogens with one attached hydrogen (secondary N) is 2. The van der Waals surface area contributed by atoms with Crippen molar-refractivity contribution in [3.8, 4) is 0 Å². The van der Waals surface area contributed by atoms with Crippen LogP contribution < -0.4 is 10.6 Å². The van der Waals surface area contributed by atoms with E-state index in [0.29, 0.717) is 5.69 Å². The van der Waals surface area contributed by atoms with Crippen molar-refractivity contribution in [1.82, 2.24) is 0 Å². The molecule has 0 bridgehead atoms. The number of aryl methyl sites for hydroxylation is 1. The molecule has 2 aromatic rings. The lowest BCUT2D eigenvalue weighted by Gasteiger charge is -2.10. The van der Waals surface area contributed by atoms with E-state index in [-0.39, 0.29) is 18.0 Å². The van der Waals surface area contributed by atoms with Gasteiger partial charge in [-0.05, 0) is 31.2 Å². The summed E-state index contributed by atoms with van der Waals surface area (Å²) in [6, 6.07) is 14.2. The first kappa shape index (κ1) is 14.6. The molecule has 21 heavy (non-hydrogen) atoms. The first-order valence-electron chi connectivity index (χ1n) is 6.49. The number of carboxylic acid groups (broad SMARTS) is 1. The fourth-order valence-electron chi connectivity index (χ4n) is 1.88. The number of anilines is 2. The number of hydrogen-bond donors (Lipinski definition) is 3. The third-order valence-electron chi connectivity index (χ3n) is 2.91. The molecule has 5 nitrogen and oxygen atoms in total. The average molecular weight is 284 g/mol. The molecule has 0 heterocycles. The van der Waals surface area contributed by atoms with Crippen LogP contribution in [0.15, 0.2) is 48.5 Å². The van der Waals surface area contributed by atoms with Crippen LogP contribution in [-0.2, 0) is 4.79 Å². The van der Waals surface area contributed by atoms with Crippen LogP contribution >= 0.6 is 0 Å². The quantitative estimate of drug-likeness (QED) is 0.789. The SMILES string of the molecule is Cc1ccc(NC(=O)CNc2ccccc2)c(C(=O)O)c1. The zero-order valence-corrected chi connectivity index (χ0v) is 11.6. The molecule has 108 valence electrons. The maximum atomic E-state index is 11.9. The number of rotatable bonds is 5. The Balaban J connectivity index is 2.01. The lowest BCUT2D eigenvalue weighted by molar-refractivity contribution is -0.114. The van der Waals surface area contributed by atoms with Gasteiger partial charge in [-0.25, -0.2) is 4.79 Å². The van der Waals surface area contributed by atoms with Crippen LogP contribution in [0.1, 0.15) is 15.9 Å². The van der Waals surface area contributed by atoms with E-state index >= 15 is 0 Å². The van der Waals surface area contributed by atoms with Crippen LogP contribution in [0.25, 0.3) is 0 Å². The maximum absolute atomic E-state index is 11.9. The molecule has 2 aromatic carbocycles. The number of amides is 1. The number of benzene rings is 2. The van der Waals surface area contributed by atoms with Crippen LogP contribution in [0, 0.1) is 6.92 Å². The predicted octanol–water partition coefficient (Wildman–Crippen LogP) is 2.74. The molecule has 3 N–H and O–H groups in total. The molecule has 0 saturated heterocycles. The van der Waals surface area contributed by atoms with Gasteiger partial charge in [-0.2, -0.15) is 0 Å². The van der Waals surface area contributed by atoms with Gasteiger partial charge in [-0.15, -0.1) is 0 Å². The standard InChI is InChI=1S/C16H16N2O3/c1-11-7-8-14(13(9-11)16(20)21)18-15(19)10-17-12-5-3-2-4-6-12/h2-9,17H,10H2,1H3,(H,18,19)(H,20,21). The Bertz CT molecular complexity index is 654. The van der Waals surface area contributed by atoms with Crippen LogP contribution in [-0.4, -0.2) is 23.5 Å². The summed E-state index contributed by atoms with van der Waals surface area (Å²) in [5, 5.41) is 14.7. The van der Waals surface area contributed by atoms with Crippen molar-refractivity contribution < 1.29 is 14.7 Å². The number of aromatic carboxylic acids is 1. The van der Waals surface area contributed by atoms with Gasteiger partial charge in [0, 0.05) is 5.69 Å². The van der Waals surface area contributed by atoms with E-state index in [1.165, 1.54) is 6.07 Å². The normalized spacial score (nSPS) is 9.95. The highest BCUT2D eigenvalue weighted by molar-refractivity contribution is 6.01. The highest BCUT2D eigenvalue weighted by Crippen LogP contribution is 2.17. The molecule has 0 aliphatic heterocycles. The summed E-state index contributed by atoms with van der Waals surface area (Å²) in [5.74, 6) is -1.37. The van der Waals surface area contributed by atoms with E-state index < -0.39 is 5.97 Å². The molecular weight excluding hydrogens is 268 g/mol. The second kappa shape index (κ2) is 6.56. The minimum Gasteiger partial charge on any atom is -0.478 e. The monoisotopic (exact) mass is 284 g/mol. The molecule has 0 aromatic heterocycles. The van der Waals surface area contributed by atoms with Crippen LogP contribution in [0.5, 0.6) is 0 Å². The minimum absolute atomic E-state index is 0.0664. The van der Waals surface area contributed by atoms with Crippen molar-refractivity contribution in [2.45, 2.75) is 6.92 Å². The Kier molecular flexibility index (Phi) is 4.56. The van der Waals surface area contributed by atoms with Gasteiger partial charge in [-0.3, -0.25) is 4.79 Å². The molecule has 0 aliphatic carbocycles. The third kappa shape index (κ3) is 4.07. The topological polar surface area (TPSA) is 78.4 Å². The lowest BCUT2D eigenvalue weighted by atomic mass is 10.1. The molecule has 5 heteroatoms. The van der Waals surface area contributed by atoms with Crippen molar-refractivity contribution in [3.05, 3.63) is 59.7 Å². The van der Waals surface area contributed by atoms with Crippen molar-refractivity contribution in [2.24, 2.45) is 0 Å². The van der Waals surface area contributed by atoms with Gasteiger partial charge in [0.2, 0.25) is 5.91 Å². The molecule has 0 saturated carbocycles. The van der Waals surface area contributed by atoms with Crippen molar-refractivity contribution in [1.29, 1.82) is 0 Å². The van der Waals surface area contributed by atoms with Gasteiger partial charge in [0.25, 0.3) is 0 Å². The van der Waals surface area contributed by atoms with Gasteiger partial charge in [0.15, 0.2) is 0 Å². The van der Waals surface area contributed by atoms with Gasteiger partial charge in [0.1, 0.15) is 0 Å². The molecule has 1 amide bonds. The summed E-state index contributed by atoms with van der Waals surface area (Å²) >= 11 is 0. The summed E-state index contributed by atoms with van der Waals surface area (Å²) < 4.78 is 0. The summed E-state index contributed by atoms with van der Waals surface area (Å²) in [6.45, 7) is 1.87. The van der Waals surface area contributed by atoms with Crippen LogP contribution in [0.3, 0.4) is 0 Å². The second-order valence-electron chi connectivity index (χ2n) is 4.62. The smallest absolute Gasteiger partial charge is 0.337 e. The number of hydrogen-bond acceptors (Lipinski definition) is 3. The van der Waals surface area contributed by atoms with Gasteiger partial charge in [-0.1, -0.05) is 29.8 Å². The molecule has 0 radical (unpaired) electrons. The molecule has 0 spiro atoms. The number of carbonyl (C=O) groups excluding carboxylic acids is 1. The fraction of sp³-hybridized carbons (Fsp3) is 0.125. The first-order chi connectivity index (χ1) is 10.1. The highest BCUT2D eigenvalue weighted by atomic mass is 16.4. The maximum Gasteiger partial charge on any atom is 0.337 e. The third-order valence-corrected chi connectivity index (χ3v) is 2.91. The fourth-order valence-corrected chi connectivity index (χ4v) is 1.88. The summed E-state index contributed by atoms with van der Waals surface area (Å²) in [7, 11) is 0. The van der Waals surface area contributed by atoms with E-state index in [2.05, 4.69) is 10.6 Å².